The van der Waals surface area contributed by atoms with Crippen LogP contribution in [0.15, 0.2) is 49.1 Å². The van der Waals surface area contributed by atoms with E-state index in [1.54, 1.807) is 12.4 Å². The first-order valence-corrected chi connectivity index (χ1v) is 7.83. The zero-order valence-corrected chi connectivity index (χ0v) is 13.8. The number of nitrogens with two attached hydrogens (primary N) is 1. The van der Waals surface area contributed by atoms with Gasteiger partial charge in [0.15, 0.2) is 0 Å². The lowest BCUT2D eigenvalue weighted by molar-refractivity contribution is 1.30. The normalized spacial score (nSPS) is 11.7. The third kappa shape index (κ3) is 4.23. The number of rotatable bonds is 6. The van der Waals surface area contributed by atoms with Crippen molar-refractivity contribution in [2.24, 2.45) is 5.73 Å². The lowest BCUT2D eigenvalue weighted by Crippen LogP contribution is -1.95. The van der Waals surface area contributed by atoms with Gasteiger partial charge in [-0.1, -0.05) is 6.07 Å². The first-order chi connectivity index (χ1) is 11.2. The van der Waals surface area contributed by atoms with Crippen LogP contribution in [0.5, 0.6) is 0 Å². The molecule has 0 amide bonds. The highest BCUT2D eigenvalue weighted by Gasteiger charge is 2.03. The van der Waals surface area contributed by atoms with Gasteiger partial charge in [-0.2, -0.15) is 12.6 Å². The summed E-state index contributed by atoms with van der Waals surface area (Å²) in [4.78, 5) is 4.13. The van der Waals surface area contributed by atoms with Crippen LogP contribution in [-0.4, -0.2) is 11.2 Å². The van der Waals surface area contributed by atoms with Gasteiger partial charge < -0.3 is 16.5 Å². The predicted molar refractivity (Wildman–Crippen MR) is 102 cm³/mol. The van der Waals surface area contributed by atoms with E-state index in [0.717, 1.165) is 22.6 Å². The van der Waals surface area contributed by atoms with Gasteiger partial charge in [-0.05, 0) is 47.9 Å². The number of anilines is 1. The third-order valence-corrected chi connectivity index (χ3v) is 3.86. The van der Waals surface area contributed by atoms with Crippen LogP contribution in [0.1, 0.15) is 22.3 Å². The van der Waals surface area contributed by atoms with Crippen LogP contribution in [0.3, 0.4) is 0 Å². The molecule has 1 heterocycles. The summed E-state index contributed by atoms with van der Waals surface area (Å²) in [6.07, 6.45) is 9.86. The van der Waals surface area contributed by atoms with Crippen LogP contribution in [0.4, 0.5) is 5.69 Å². The molecule has 0 saturated carbocycles. The second-order valence-electron chi connectivity index (χ2n) is 5.01. The number of nitrogens with one attached hydrogen (secondary N) is 2. The number of benzene rings is 1. The Labute approximate surface area is 142 Å². The van der Waals surface area contributed by atoms with Crippen LogP contribution >= 0.6 is 12.6 Å². The van der Waals surface area contributed by atoms with Crippen molar-refractivity contribution in [1.82, 2.24) is 4.98 Å². The molecule has 1 aromatic carbocycles. The molecule has 0 radical (unpaired) electrons. The van der Waals surface area contributed by atoms with Gasteiger partial charge in [-0.15, -0.1) is 0 Å². The highest BCUT2D eigenvalue weighted by molar-refractivity contribution is 7.79. The Morgan fingerprint density at radius 2 is 2.22 bits per heavy atom. The van der Waals surface area contributed by atoms with Crippen molar-refractivity contribution >= 4 is 36.2 Å². The molecule has 0 spiro atoms. The minimum Gasteiger partial charge on any atom is -0.404 e. The molecule has 0 aliphatic rings. The van der Waals surface area contributed by atoms with Crippen molar-refractivity contribution in [3.05, 3.63) is 71.3 Å². The van der Waals surface area contributed by atoms with Gasteiger partial charge in [0.2, 0.25) is 0 Å². The van der Waals surface area contributed by atoms with E-state index in [0.29, 0.717) is 5.57 Å². The van der Waals surface area contributed by atoms with Crippen LogP contribution in [0.2, 0.25) is 0 Å². The van der Waals surface area contributed by atoms with Crippen molar-refractivity contribution in [3.63, 3.8) is 0 Å². The quantitative estimate of drug-likeness (QED) is 0.481. The zero-order chi connectivity index (χ0) is 16.7. The smallest absolute Gasteiger partial charge is 0.0382 e. The van der Waals surface area contributed by atoms with Gasteiger partial charge in [0.25, 0.3) is 0 Å². The number of aromatic nitrogens is 1. The molecular formula is C18H20N4S. The van der Waals surface area contributed by atoms with Crippen molar-refractivity contribution in [2.75, 3.05) is 5.32 Å². The molecule has 0 aliphatic heterocycles. The Balaban J connectivity index is 2.18. The van der Waals surface area contributed by atoms with E-state index in [-0.39, 0.29) is 0 Å². The highest BCUT2D eigenvalue weighted by atomic mass is 32.1. The number of nitrogens with zero attached hydrogens (tertiary/aromatic N) is 1. The number of pyridine rings is 1. The monoisotopic (exact) mass is 324 g/mol. The van der Waals surface area contributed by atoms with E-state index in [4.69, 9.17) is 11.1 Å². The third-order valence-electron chi connectivity index (χ3n) is 3.52. The van der Waals surface area contributed by atoms with E-state index in [9.17, 15) is 0 Å². The summed E-state index contributed by atoms with van der Waals surface area (Å²) < 4.78 is 0. The lowest BCUT2D eigenvalue weighted by Gasteiger charge is -2.07. The lowest BCUT2D eigenvalue weighted by atomic mass is 10.0. The summed E-state index contributed by atoms with van der Waals surface area (Å²) in [5.41, 5.74) is 11.4. The number of aryl methyl sites for hydroxylation is 1. The zero-order valence-electron chi connectivity index (χ0n) is 13.0. The summed E-state index contributed by atoms with van der Waals surface area (Å²) >= 11 is 4.31. The Hall–Kier alpha value is -2.53. The Morgan fingerprint density at radius 1 is 1.39 bits per heavy atom. The summed E-state index contributed by atoms with van der Waals surface area (Å²) in [5.74, 6) is 0.735. The molecule has 0 unspecified atom stereocenters. The second-order valence-corrected chi connectivity index (χ2v) is 5.32. The molecule has 1 aromatic heterocycles. The largest absolute Gasteiger partial charge is 0.404 e. The fourth-order valence-electron chi connectivity index (χ4n) is 2.21. The Bertz CT molecular complexity index is 750. The average Bonchev–Trinajstić information content (AvgIpc) is 2.57. The number of hydrogen-bond acceptors (Lipinski definition) is 5. The molecule has 2 aromatic rings. The molecule has 5 heteroatoms. The molecule has 4 nitrogen and oxygen atoms in total. The van der Waals surface area contributed by atoms with Gasteiger partial charge in [-0.3, -0.25) is 4.98 Å². The Kier molecular flexibility index (Phi) is 6.00. The molecule has 0 atom stereocenters. The van der Waals surface area contributed by atoms with Crippen LogP contribution in [0.25, 0.3) is 11.6 Å². The molecule has 2 rings (SSSR count). The predicted octanol–water partition coefficient (Wildman–Crippen LogP) is 3.85. The minimum atomic E-state index is 0.654. The van der Waals surface area contributed by atoms with Crippen molar-refractivity contribution in [3.8, 4) is 0 Å². The summed E-state index contributed by atoms with van der Waals surface area (Å²) in [5, 5.41) is 10.7. The van der Waals surface area contributed by atoms with E-state index < -0.39 is 0 Å². The van der Waals surface area contributed by atoms with Gasteiger partial charge in [0, 0.05) is 53.6 Å². The van der Waals surface area contributed by atoms with E-state index in [1.807, 2.05) is 24.4 Å². The number of thiol groups is 1. The molecule has 0 aliphatic carbocycles. The van der Waals surface area contributed by atoms with Crippen LogP contribution in [0, 0.1) is 12.3 Å². The maximum atomic E-state index is 7.43. The van der Waals surface area contributed by atoms with Crippen LogP contribution < -0.4 is 11.1 Å². The SMILES string of the molecule is Cc1cc(N/C=C/c2cnccc2/C(C=N)=C/N)ccc1CS. The average molecular weight is 324 g/mol. The molecular weight excluding hydrogens is 304 g/mol. The molecule has 0 bridgehead atoms. The van der Waals surface area contributed by atoms with Gasteiger partial charge in [0.1, 0.15) is 0 Å². The van der Waals surface area contributed by atoms with Crippen molar-refractivity contribution in [2.45, 2.75) is 12.7 Å². The Morgan fingerprint density at radius 3 is 2.87 bits per heavy atom. The summed E-state index contributed by atoms with van der Waals surface area (Å²) in [6.45, 7) is 2.07. The minimum absolute atomic E-state index is 0.654. The topological polar surface area (TPSA) is 74.8 Å². The molecule has 23 heavy (non-hydrogen) atoms. The van der Waals surface area contributed by atoms with Crippen molar-refractivity contribution in [1.29, 1.82) is 5.41 Å². The maximum Gasteiger partial charge on any atom is 0.0382 e. The van der Waals surface area contributed by atoms with E-state index in [2.05, 4.69) is 42.0 Å². The molecule has 0 fully saturated rings. The fourth-order valence-corrected chi connectivity index (χ4v) is 2.56. The van der Waals surface area contributed by atoms with E-state index in [1.165, 1.54) is 23.5 Å². The summed E-state index contributed by atoms with van der Waals surface area (Å²) in [6, 6.07) is 8.02. The fraction of sp³-hybridized carbons (Fsp3) is 0.111. The van der Waals surface area contributed by atoms with Gasteiger partial charge >= 0.3 is 0 Å². The number of allylic oxidation sites excluding steroid dienone is 1. The highest BCUT2D eigenvalue weighted by Crippen LogP contribution is 2.19. The molecule has 118 valence electrons. The summed E-state index contributed by atoms with van der Waals surface area (Å²) in [7, 11) is 0. The second kappa shape index (κ2) is 8.19. The standard InChI is InChI=1S/C18H20N4S/c1-13-8-17(3-2-15(13)12-23)22-7-4-14-11-21-6-5-18(14)16(9-19)10-20/h2-11,19,22-23H,12,20H2,1H3/b7-4+,16-10+,19-9?. The number of hydrogen-bond donors (Lipinski definition) is 4. The van der Waals surface area contributed by atoms with Crippen molar-refractivity contribution < 1.29 is 0 Å². The van der Waals surface area contributed by atoms with Gasteiger partial charge in [0.05, 0.1) is 0 Å². The molecule has 4 N–H and O–H groups in total. The van der Waals surface area contributed by atoms with Gasteiger partial charge in [-0.25, -0.2) is 0 Å². The maximum absolute atomic E-state index is 7.43. The van der Waals surface area contributed by atoms with E-state index >= 15 is 0 Å². The first-order valence-electron chi connectivity index (χ1n) is 7.19. The van der Waals surface area contributed by atoms with Crippen LogP contribution in [-0.2, 0) is 5.75 Å². The molecule has 0 saturated heterocycles. The first kappa shape index (κ1) is 16.8.